The third kappa shape index (κ3) is 2.93. The largest absolute Gasteiger partial charge is 0.443 e. The van der Waals surface area contributed by atoms with E-state index in [1.54, 1.807) is 6.20 Å². The van der Waals surface area contributed by atoms with Crippen LogP contribution in [-0.2, 0) is 4.74 Å². The molecule has 0 aliphatic heterocycles. The molecule has 0 fully saturated rings. The number of hydrogen-bond acceptors (Lipinski definition) is 3. The van der Waals surface area contributed by atoms with Crippen molar-refractivity contribution >= 4 is 12.2 Å². The molecule has 2 aromatic rings. The molecule has 0 spiro atoms. The van der Waals surface area contributed by atoms with Gasteiger partial charge in [0.2, 0.25) is 0 Å². The van der Waals surface area contributed by atoms with Gasteiger partial charge in [0.15, 0.2) is 0 Å². The lowest BCUT2D eigenvalue weighted by Gasteiger charge is -2.19. The lowest BCUT2D eigenvalue weighted by atomic mass is 9.96. The van der Waals surface area contributed by atoms with E-state index in [-0.39, 0.29) is 12.0 Å². The van der Waals surface area contributed by atoms with Gasteiger partial charge >= 0.3 is 6.09 Å². The number of carbonyl (C=O) groups is 1. The van der Waals surface area contributed by atoms with Crippen molar-refractivity contribution in [1.82, 2.24) is 9.55 Å². The van der Waals surface area contributed by atoms with Gasteiger partial charge < -0.3 is 4.74 Å². The Morgan fingerprint density at radius 1 is 1.26 bits per heavy atom. The molecule has 1 atom stereocenters. The molecule has 1 aromatic carbocycles. The molecular formula is C19H22N2O2. The molecule has 0 saturated heterocycles. The van der Waals surface area contributed by atoms with Crippen LogP contribution in [0.2, 0.25) is 0 Å². The van der Waals surface area contributed by atoms with Gasteiger partial charge in [0.25, 0.3) is 0 Å². The second-order valence-electron chi connectivity index (χ2n) is 6.98. The van der Waals surface area contributed by atoms with Crippen LogP contribution >= 0.6 is 0 Å². The standard InChI is InChI=1S/C19H22N2O2/c1-12-7-6-8-15-14(12)9-10-16(15)17-11-21(13(2)20-17)18(22)23-19(3,4)5/h6-11,16H,1-5H3. The van der Waals surface area contributed by atoms with Crippen LogP contribution in [-0.4, -0.2) is 21.2 Å². The van der Waals surface area contributed by atoms with Crippen molar-refractivity contribution in [3.63, 3.8) is 0 Å². The van der Waals surface area contributed by atoms with Crippen molar-refractivity contribution in [2.75, 3.05) is 0 Å². The number of aryl methyl sites for hydroxylation is 2. The highest BCUT2D eigenvalue weighted by Gasteiger charge is 2.25. The minimum atomic E-state index is -0.523. The zero-order valence-electron chi connectivity index (χ0n) is 14.3. The van der Waals surface area contributed by atoms with Crippen LogP contribution in [0.1, 0.15) is 54.9 Å². The van der Waals surface area contributed by atoms with E-state index in [0.717, 1.165) is 5.69 Å². The summed E-state index contributed by atoms with van der Waals surface area (Å²) in [4.78, 5) is 16.9. The molecule has 0 N–H and O–H groups in total. The van der Waals surface area contributed by atoms with Crippen LogP contribution in [0.15, 0.2) is 30.5 Å². The van der Waals surface area contributed by atoms with Gasteiger partial charge in [-0.3, -0.25) is 0 Å². The number of aromatic nitrogens is 2. The number of benzene rings is 1. The van der Waals surface area contributed by atoms with Gasteiger partial charge in [-0.05, 0) is 51.3 Å². The summed E-state index contributed by atoms with van der Waals surface area (Å²) in [5.41, 5.74) is 4.09. The average Bonchev–Trinajstić information content (AvgIpc) is 3.01. The third-order valence-electron chi connectivity index (χ3n) is 3.96. The summed E-state index contributed by atoms with van der Waals surface area (Å²) < 4.78 is 6.92. The fourth-order valence-electron chi connectivity index (χ4n) is 2.90. The Morgan fingerprint density at radius 3 is 2.70 bits per heavy atom. The van der Waals surface area contributed by atoms with Crippen molar-refractivity contribution in [2.24, 2.45) is 0 Å². The first-order chi connectivity index (χ1) is 10.8. The molecule has 1 aliphatic carbocycles. The second kappa shape index (κ2) is 5.37. The summed E-state index contributed by atoms with van der Waals surface area (Å²) in [6.07, 6.45) is 5.67. The predicted octanol–water partition coefficient (Wildman–Crippen LogP) is 4.44. The number of hydrogen-bond donors (Lipinski definition) is 0. The van der Waals surface area contributed by atoms with E-state index in [2.05, 4.69) is 42.3 Å². The fraction of sp³-hybridized carbons (Fsp3) is 0.368. The number of ether oxygens (including phenoxy) is 1. The summed E-state index contributed by atoms with van der Waals surface area (Å²) in [6, 6.07) is 6.29. The first-order valence-corrected chi connectivity index (χ1v) is 7.83. The Labute approximate surface area is 136 Å². The normalized spacial score (nSPS) is 16.5. The van der Waals surface area contributed by atoms with Gasteiger partial charge in [0, 0.05) is 12.1 Å². The summed E-state index contributed by atoms with van der Waals surface area (Å²) >= 11 is 0. The monoisotopic (exact) mass is 310 g/mol. The Bertz CT molecular complexity index is 794. The first-order valence-electron chi connectivity index (χ1n) is 7.83. The first kappa shape index (κ1) is 15.5. The number of carbonyl (C=O) groups excluding carboxylic acids is 1. The van der Waals surface area contributed by atoms with Gasteiger partial charge in [-0.25, -0.2) is 14.3 Å². The second-order valence-corrected chi connectivity index (χ2v) is 6.98. The molecule has 0 radical (unpaired) electrons. The Morgan fingerprint density at radius 2 is 2.00 bits per heavy atom. The van der Waals surface area contributed by atoms with Gasteiger partial charge in [-0.1, -0.05) is 30.4 Å². The Balaban J connectivity index is 1.93. The quantitative estimate of drug-likeness (QED) is 0.782. The lowest BCUT2D eigenvalue weighted by molar-refractivity contribution is 0.0533. The SMILES string of the molecule is Cc1cccc2c1C=CC2c1cn(C(=O)OC(C)(C)C)c(C)n1. The van der Waals surface area contributed by atoms with Crippen LogP contribution in [0.4, 0.5) is 4.79 Å². The van der Waals surface area contributed by atoms with E-state index >= 15 is 0 Å². The summed E-state index contributed by atoms with van der Waals surface area (Å²) in [7, 11) is 0. The number of fused-ring (bicyclic) bond motifs is 1. The molecule has 0 saturated carbocycles. The summed E-state index contributed by atoms with van der Waals surface area (Å²) in [5, 5.41) is 0. The molecule has 4 nitrogen and oxygen atoms in total. The van der Waals surface area contributed by atoms with E-state index in [0.29, 0.717) is 5.82 Å². The number of rotatable bonds is 1. The molecule has 4 heteroatoms. The predicted molar refractivity (Wildman–Crippen MR) is 90.7 cm³/mol. The van der Waals surface area contributed by atoms with Gasteiger partial charge in [0.05, 0.1) is 5.69 Å². The smallest absolute Gasteiger partial charge is 0.419 e. The van der Waals surface area contributed by atoms with Crippen LogP contribution in [0, 0.1) is 13.8 Å². The van der Waals surface area contributed by atoms with E-state index in [1.807, 2.05) is 27.7 Å². The van der Waals surface area contributed by atoms with Gasteiger partial charge in [-0.2, -0.15) is 0 Å². The molecule has 23 heavy (non-hydrogen) atoms. The molecule has 1 unspecified atom stereocenters. The van der Waals surface area contributed by atoms with Gasteiger partial charge in [0.1, 0.15) is 11.4 Å². The highest BCUT2D eigenvalue weighted by atomic mass is 16.6. The maximum atomic E-state index is 12.3. The van der Waals surface area contributed by atoms with Crippen molar-refractivity contribution in [3.8, 4) is 0 Å². The molecule has 1 aromatic heterocycles. The van der Waals surface area contributed by atoms with E-state index in [4.69, 9.17) is 4.74 Å². The average molecular weight is 310 g/mol. The molecule has 1 aliphatic rings. The van der Waals surface area contributed by atoms with Crippen LogP contribution in [0.25, 0.3) is 6.08 Å². The van der Waals surface area contributed by atoms with E-state index in [9.17, 15) is 4.79 Å². The molecule has 3 rings (SSSR count). The molecular weight excluding hydrogens is 288 g/mol. The van der Waals surface area contributed by atoms with Crippen molar-refractivity contribution < 1.29 is 9.53 Å². The van der Waals surface area contributed by atoms with Crippen molar-refractivity contribution in [2.45, 2.75) is 46.1 Å². The number of imidazole rings is 1. The van der Waals surface area contributed by atoms with Gasteiger partial charge in [-0.15, -0.1) is 0 Å². The number of allylic oxidation sites excluding steroid dienone is 1. The number of nitrogens with zero attached hydrogens (tertiary/aromatic N) is 2. The minimum absolute atomic E-state index is 0.0901. The maximum absolute atomic E-state index is 12.3. The van der Waals surface area contributed by atoms with Crippen LogP contribution in [0.3, 0.4) is 0 Å². The molecule has 1 heterocycles. The zero-order chi connectivity index (χ0) is 16.8. The summed E-state index contributed by atoms with van der Waals surface area (Å²) in [6.45, 7) is 9.50. The molecule has 0 amide bonds. The molecule has 120 valence electrons. The lowest BCUT2D eigenvalue weighted by Crippen LogP contribution is -2.27. The fourth-order valence-corrected chi connectivity index (χ4v) is 2.90. The van der Waals surface area contributed by atoms with E-state index < -0.39 is 5.60 Å². The Kier molecular flexibility index (Phi) is 3.63. The maximum Gasteiger partial charge on any atom is 0.419 e. The van der Waals surface area contributed by atoms with Crippen molar-refractivity contribution in [3.05, 3.63) is 58.7 Å². The summed E-state index contributed by atoms with van der Waals surface area (Å²) in [5.74, 6) is 0.732. The van der Waals surface area contributed by atoms with E-state index in [1.165, 1.54) is 21.3 Å². The minimum Gasteiger partial charge on any atom is -0.443 e. The highest BCUT2D eigenvalue weighted by molar-refractivity contribution is 5.72. The third-order valence-corrected chi connectivity index (χ3v) is 3.96. The molecule has 0 bridgehead atoms. The van der Waals surface area contributed by atoms with Crippen LogP contribution in [0.5, 0.6) is 0 Å². The highest BCUT2D eigenvalue weighted by Crippen LogP contribution is 2.36. The zero-order valence-corrected chi connectivity index (χ0v) is 14.3. The van der Waals surface area contributed by atoms with Crippen molar-refractivity contribution in [1.29, 1.82) is 0 Å². The topological polar surface area (TPSA) is 44.1 Å². The van der Waals surface area contributed by atoms with Crippen LogP contribution < -0.4 is 0 Å². The Hall–Kier alpha value is -2.36.